The second kappa shape index (κ2) is 10.5. The minimum Gasteiger partial charge on any atom is -0.436 e. The van der Waals surface area contributed by atoms with Gasteiger partial charge in [0.25, 0.3) is 0 Å². The molecule has 0 fully saturated rings. The first-order chi connectivity index (χ1) is 22.3. The number of rotatable bonds is 5. The fourth-order valence-corrected chi connectivity index (χ4v) is 7.45. The Morgan fingerprint density at radius 1 is 0.467 bits per heavy atom. The van der Waals surface area contributed by atoms with Gasteiger partial charge in [-0.05, 0) is 77.9 Å². The summed E-state index contributed by atoms with van der Waals surface area (Å²) in [5.41, 5.74) is 8.26. The molecule has 0 aliphatic rings. The van der Waals surface area contributed by atoms with Crippen molar-refractivity contribution in [2.75, 3.05) is 4.90 Å². The first-order valence-corrected chi connectivity index (χ1v) is 15.9. The maximum atomic E-state index is 6.25. The highest BCUT2D eigenvalue weighted by atomic mass is 32.1. The van der Waals surface area contributed by atoms with Crippen LogP contribution in [0.2, 0.25) is 0 Å². The van der Waals surface area contributed by atoms with Gasteiger partial charge in [0.05, 0.1) is 5.69 Å². The molecule has 9 rings (SSSR count). The third-order valence-corrected chi connectivity index (χ3v) is 9.64. The molecule has 0 aliphatic heterocycles. The van der Waals surface area contributed by atoms with Crippen LogP contribution in [0.25, 0.3) is 64.6 Å². The van der Waals surface area contributed by atoms with Crippen LogP contribution in [-0.4, -0.2) is 4.98 Å². The van der Waals surface area contributed by atoms with E-state index in [0.29, 0.717) is 5.89 Å². The average molecular weight is 595 g/mol. The Morgan fingerprint density at radius 3 is 2.02 bits per heavy atom. The zero-order chi connectivity index (χ0) is 29.7. The number of hydrogen-bond donors (Lipinski definition) is 0. The Labute approximate surface area is 264 Å². The van der Waals surface area contributed by atoms with Crippen molar-refractivity contribution < 1.29 is 4.42 Å². The molecule has 9 aromatic rings. The summed E-state index contributed by atoms with van der Waals surface area (Å²) in [6.07, 6.45) is 0. The lowest BCUT2D eigenvalue weighted by Crippen LogP contribution is -2.10. The van der Waals surface area contributed by atoms with Crippen LogP contribution in [0.1, 0.15) is 0 Å². The Balaban J connectivity index is 1.28. The van der Waals surface area contributed by atoms with Gasteiger partial charge >= 0.3 is 0 Å². The summed E-state index contributed by atoms with van der Waals surface area (Å²) in [5, 5.41) is 4.72. The van der Waals surface area contributed by atoms with Crippen LogP contribution in [0.4, 0.5) is 17.1 Å². The molecule has 0 radical (unpaired) electrons. The lowest BCUT2D eigenvalue weighted by atomic mass is 10.0. The Hall–Kier alpha value is -5.71. The van der Waals surface area contributed by atoms with Crippen LogP contribution in [0.15, 0.2) is 162 Å². The molecular weight excluding hydrogens is 569 g/mol. The largest absolute Gasteiger partial charge is 0.436 e. The maximum Gasteiger partial charge on any atom is 0.227 e. The van der Waals surface area contributed by atoms with E-state index in [-0.39, 0.29) is 0 Å². The van der Waals surface area contributed by atoms with Gasteiger partial charge < -0.3 is 9.32 Å². The molecule has 0 saturated carbocycles. The molecule has 7 aromatic carbocycles. The minimum atomic E-state index is 0.630. The summed E-state index contributed by atoms with van der Waals surface area (Å²) in [7, 11) is 0. The van der Waals surface area contributed by atoms with Gasteiger partial charge in [-0.25, -0.2) is 4.98 Å². The van der Waals surface area contributed by atoms with Crippen LogP contribution >= 0.6 is 11.3 Å². The number of anilines is 3. The highest BCUT2D eigenvalue weighted by Crippen LogP contribution is 2.44. The van der Waals surface area contributed by atoms with Crippen LogP contribution in [0, 0.1) is 0 Å². The van der Waals surface area contributed by atoms with Gasteiger partial charge in [0.2, 0.25) is 5.89 Å². The highest BCUT2D eigenvalue weighted by Gasteiger charge is 2.20. The highest BCUT2D eigenvalue weighted by molar-refractivity contribution is 7.25. The van der Waals surface area contributed by atoms with Crippen LogP contribution < -0.4 is 4.90 Å². The zero-order valence-corrected chi connectivity index (χ0v) is 25.0. The van der Waals surface area contributed by atoms with Crippen molar-refractivity contribution in [3.8, 4) is 22.6 Å². The molecule has 2 heterocycles. The van der Waals surface area contributed by atoms with E-state index < -0.39 is 0 Å². The number of hydrogen-bond acceptors (Lipinski definition) is 4. The predicted octanol–water partition coefficient (Wildman–Crippen LogP) is 12.2. The number of fused-ring (bicyclic) bond motifs is 6. The summed E-state index contributed by atoms with van der Waals surface area (Å²) in [5.74, 6) is 0.630. The molecule has 0 amide bonds. The predicted molar refractivity (Wildman–Crippen MR) is 190 cm³/mol. The van der Waals surface area contributed by atoms with Gasteiger partial charge in [0.15, 0.2) is 5.58 Å². The lowest BCUT2D eigenvalue weighted by molar-refractivity contribution is 0.620. The second-order valence-electron chi connectivity index (χ2n) is 11.2. The zero-order valence-electron chi connectivity index (χ0n) is 24.2. The molecule has 0 spiro atoms. The van der Waals surface area contributed by atoms with Crippen molar-refractivity contribution in [3.05, 3.63) is 158 Å². The van der Waals surface area contributed by atoms with Gasteiger partial charge in [0, 0.05) is 47.9 Å². The second-order valence-corrected chi connectivity index (χ2v) is 12.3. The topological polar surface area (TPSA) is 29.3 Å². The van der Waals surface area contributed by atoms with E-state index in [1.54, 1.807) is 0 Å². The van der Waals surface area contributed by atoms with E-state index in [0.717, 1.165) is 44.5 Å². The van der Waals surface area contributed by atoms with Crippen molar-refractivity contribution in [2.24, 2.45) is 0 Å². The number of thiophene rings is 1. The monoisotopic (exact) mass is 594 g/mol. The van der Waals surface area contributed by atoms with Gasteiger partial charge in [-0.1, -0.05) is 91.0 Å². The fourth-order valence-electron chi connectivity index (χ4n) is 6.37. The van der Waals surface area contributed by atoms with E-state index >= 15 is 0 Å². The first-order valence-electron chi connectivity index (χ1n) is 15.0. The number of benzene rings is 7. The third-order valence-electron chi connectivity index (χ3n) is 8.48. The van der Waals surface area contributed by atoms with Crippen LogP contribution in [0.5, 0.6) is 0 Å². The lowest BCUT2D eigenvalue weighted by Gasteiger charge is -2.27. The Kier molecular flexibility index (Phi) is 6.00. The van der Waals surface area contributed by atoms with Gasteiger partial charge in [-0.3, -0.25) is 0 Å². The molecule has 0 bridgehead atoms. The van der Waals surface area contributed by atoms with Crippen LogP contribution in [-0.2, 0) is 0 Å². The van der Waals surface area contributed by atoms with E-state index in [2.05, 4.69) is 132 Å². The van der Waals surface area contributed by atoms with E-state index in [4.69, 9.17) is 9.40 Å². The van der Waals surface area contributed by atoms with E-state index in [9.17, 15) is 0 Å². The summed E-state index contributed by atoms with van der Waals surface area (Å²) >= 11 is 1.84. The molecule has 3 nitrogen and oxygen atoms in total. The normalized spacial score (nSPS) is 11.6. The van der Waals surface area contributed by atoms with Crippen molar-refractivity contribution in [2.45, 2.75) is 0 Å². The summed E-state index contributed by atoms with van der Waals surface area (Å²) in [6.45, 7) is 0. The molecule has 0 saturated heterocycles. The summed E-state index contributed by atoms with van der Waals surface area (Å²) in [4.78, 5) is 7.37. The molecule has 212 valence electrons. The Morgan fingerprint density at radius 2 is 1.16 bits per heavy atom. The van der Waals surface area contributed by atoms with Crippen molar-refractivity contribution in [1.82, 2.24) is 4.98 Å². The number of oxazole rings is 1. The first kappa shape index (κ1) is 25.8. The quantitative estimate of drug-likeness (QED) is 0.198. The van der Waals surface area contributed by atoms with Crippen molar-refractivity contribution >= 4 is 70.4 Å². The minimum absolute atomic E-state index is 0.630. The van der Waals surface area contributed by atoms with Crippen LogP contribution in [0.3, 0.4) is 0 Å². The maximum absolute atomic E-state index is 6.25. The van der Waals surface area contributed by atoms with Crippen molar-refractivity contribution in [1.29, 1.82) is 0 Å². The fraction of sp³-hybridized carbons (Fsp3) is 0. The van der Waals surface area contributed by atoms with Gasteiger partial charge in [0.1, 0.15) is 5.52 Å². The van der Waals surface area contributed by atoms with Crippen molar-refractivity contribution in [3.63, 3.8) is 0 Å². The molecule has 0 atom stereocenters. The smallest absolute Gasteiger partial charge is 0.227 e. The number of aromatic nitrogens is 1. The average Bonchev–Trinajstić information content (AvgIpc) is 3.72. The molecule has 2 aromatic heterocycles. The molecule has 45 heavy (non-hydrogen) atoms. The SMILES string of the molecule is c1ccc(-c2cccc(N(c3ccc4sc5ccccc5c4c3)c3cccc4c3ccc3oc(-c5ccccc5)nc34)c2)cc1. The standard InChI is InChI=1S/C41H26N2OS/c1-3-11-27(12-4-1)29-15-9-16-30(25-29)43(31-21-24-39-35(26-31)33-17-7-8-20-38(33)45-39)36-19-10-18-34-32(36)22-23-37-40(34)42-41(44-37)28-13-5-2-6-14-28/h1-26H. The van der Waals surface area contributed by atoms with Gasteiger partial charge in [-0.15, -0.1) is 11.3 Å². The van der Waals surface area contributed by atoms with Gasteiger partial charge in [-0.2, -0.15) is 0 Å². The molecule has 0 N–H and O–H groups in total. The molecule has 4 heteroatoms. The third kappa shape index (κ3) is 4.38. The summed E-state index contributed by atoms with van der Waals surface area (Å²) in [6, 6.07) is 55.7. The molecule has 0 aliphatic carbocycles. The number of nitrogens with zero attached hydrogens (tertiary/aromatic N) is 2. The van der Waals surface area contributed by atoms with E-state index in [1.165, 1.54) is 31.3 Å². The molecule has 0 unspecified atom stereocenters. The van der Waals surface area contributed by atoms with E-state index in [1.807, 2.05) is 41.7 Å². The molecular formula is C41H26N2OS. The Bertz CT molecular complexity index is 2500. The summed E-state index contributed by atoms with van der Waals surface area (Å²) < 4.78 is 8.84.